The molecule has 0 aromatic rings. The van der Waals surface area contributed by atoms with Crippen molar-refractivity contribution in [2.75, 3.05) is 0 Å². The maximum absolute atomic E-state index is 11.8. The normalized spacial score (nSPS) is 28.1. The fourth-order valence-corrected chi connectivity index (χ4v) is 2.63. The SMILES string of the molecule is C=C[C@H]1CC2=C(C[C@H]1C(=C)C)C(=O)C=CC2=O. The zero-order valence-corrected chi connectivity index (χ0v) is 10.0. The average molecular weight is 228 g/mol. The molecule has 0 spiro atoms. The van der Waals surface area contributed by atoms with Gasteiger partial charge in [-0.15, -0.1) is 6.58 Å². The fourth-order valence-electron chi connectivity index (χ4n) is 2.63. The first-order valence-corrected chi connectivity index (χ1v) is 5.81. The molecular weight excluding hydrogens is 212 g/mol. The van der Waals surface area contributed by atoms with E-state index in [0.717, 1.165) is 5.57 Å². The molecule has 0 aromatic heterocycles. The van der Waals surface area contributed by atoms with E-state index in [-0.39, 0.29) is 23.4 Å². The smallest absolute Gasteiger partial charge is 0.182 e. The number of carbonyl (C=O) groups excluding carboxylic acids is 2. The lowest BCUT2D eigenvalue weighted by Crippen LogP contribution is -2.28. The van der Waals surface area contributed by atoms with Crippen LogP contribution >= 0.6 is 0 Å². The van der Waals surface area contributed by atoms with Crippen molar-refractivity contribution >= 4 is 11.6 Å². The van der Waals surface area contributed by atoms with E-state index in [4.69, 9.17) is 0 Å². The number of hydrogen-bond donors (Lipinski definition) is 0. The zero-order chi connectivity index (χ0) is 12.6. The number of allylic oxidation sites excluding steroid dienone is 6. The van der Waals surface area contributed by atoms with Crippen LogP contribution < -0.4 is 0 Å². The van der Waals surface area contributed by atoms with Crippen molar-refractivity contribution in [3.05, 3.63) is 48.1 Å². The van der Waals surface area contributed by atoms with Crippen molar-refractivity contribution in [2.24, 2.45) is 11.8 Å². The van der Waals surface area contributed by atoms with Gasteiger partial charge in [0, 0.05) is 11.1 Å². The molecule has 88 valence electrons. The molecule has 2 rings (SSSR count). The van der Waals surface area contributed by atoms with E-state index in [1.165, 1.54) is 12.2 Å². The van der Waals surface area contributed by atoms with Crippen LogP contribution in [0, 0.1) is 11.8 Å². The predicted molar refractivity (Wildman–Crippen MR) is 67.4 cm³/mol. The minimum Gasteiger partial charge on any atom is -0.290 e. The summed E-state index contributed by atoms with van der Waals surface area (Å²) >= 11 is 0. The molecule has 2 heteroatoms. The van der Waals surface area contributed by atoms with E-state index in [1.807, 2.05) is 13.0 Å². The van der Waals surface area contributed by atoms with Gasteiger partial charge in [0.15, 0.2) is 11.6 Å². The summed E-state index contributed by atoms with van der Waals surface area (Å²) in [5.74, 6) is 0.406. The van der Waals surface area contributed by atoms with Gasteiger partial charge in [-0.3, -0.25) is 9.59 Å². The molecule has 0 aliphatic heterocycles. The molecule has 0 saturated heterocycles. The Hall–Kier alpha value is -1.70. The Bertz CT molecular complexity index is 477. The van der Waals surface area contributed by atoms with Crippen LogP contribution in [-0.4, -0.2) is 11.6 Å². The molecule has 2 aliphatic carbocycles. The Kier molecular flexibility index (Phi) is 2.97. The van der Waals surface area contributed by atoms with Crippen LogP contribution in [0.15, 0.2) is 48.1 Å². The monoisotopic (exact) mass is 228 g/mol. The molecule has 0 unspecified atom stereocenters. The number of carbonyl (C=O) groups is 2. The molecule has 0 N–H and O–H groups in total. The van der Waals surface area contributed by atoms with E-state index in [9.17, 15) is 9.59 Å². The lowest BCUT2D eigenvalue weighted by molar-refractivity contribution is -0.115. The van der Waals surface area contributed by atoms with Crippen molar-refractivity contribution in [2.45, 2.75) is 19.8 Å². The van der Waals surface area contributed by atoms with E-state index < -0.39 is 0 Å². The molecule has 2 atom stereocenters. The van der Waals surface area contributed by atoms with Gasteiger partial charge in [-0.05, 0) is 43.8 Å². The first-order valence-electron chi connectivity index (χ1n) is 5.81. The van der Waals surface area contributed by atoms with E-state index in [2.05, 4.69) is 13.2 Å². The highest BCUT2D eigenvalue weighted by molar-refractivity contribution is 6.20. The topological polar surface area (TPSA) is 34.1 Å². The van der Waals surface area contributed by atoms with Gasteiger partial charge in [0.1, 0.15) is 0 Å². The highest BCUT2D eigenvalue weighted by Crippen LogP contribution is 2.40. The van der Waals surface area contributed by atoms with Crippen LogP contribution in [0.1, 0.15) is 19.8 Å². The molecule has 0 bridgehead atoms. The van der Waals surface area contributed by atoms with Crippen LogP contribution in [0.4, 0.5) is 0 Å². The first kappa shape index (κ1) is 11.8. The summed E-state index contributed by atoms with van der Waals surface area (Å²) in [6.07, 6.45) is 5.87. The largest absolute Gasteiger partial charge is 0.290 e. The Morgan fingerprint density at radius 1 is 1.24 bits per heavy atom. The van der Waals surface area contributed by atoms with Gasteiger partial charge in [-0.2, -0.15) is 0 Å². The van der Waals surface area contributed by atoms with Crippen LogP contribution in [-0.2, 0) is 9.59 Å². The molecular formula is C15H16O2. The quantitative estimate of drug-likeness (QED) is 0.538. The summed E-state index contributed by atoms with van der Waals surface area (Å²) in [6, 6.07) is 0. The molecule has 0 heterocycles. The van der Waals surface area contributed by atoms with Crippen molar-refractivity contribution in [3.63, 3.8) is 0 Å². The van der Waals surface area contributed by atoms with E-state index >= 15 is 0 Å². The lowest BCUT2D eigenvalue weighted by atomic mass is 9.70. The molecule has 0 radical (unpaired) electrons. The van der Waals surface area contributed by atoms with Gasteiger partial charge in [0.2, 0.25) is 0 Å². The number of hydrogen-bond acceptors (Lipinski definition) is 2. The molecule has 0 amide bonds. The third kappa shape index (κ3) is 1.95. The second kappa shape index (κ2) is 4.28. The van der Waals surface area contributed by atoms with Crippen LogP contribution in [0.2, 0.25) is 0 Å². The Morgan fingerprint density at radius 2 is 1.76 bits per heavy atom. The highest BCUT2D eigenvalue weighted by atomic mass is 16.1. The minimum absolute atomic E-state index is 0.0200. The van der Waals surface area contributed by atoms with E-state index in [1.54, 1.807) is 0 Å². The summed E-state index contributed by atoms with van der Waals surface area (Å²) in [6.45, 7) is 9.76. The average Bonchev–Trinajstić information content (AvgIpc) is 2.32. The molecule has 0 saturated carbocycles. The first-order chi connectivity index (χ1) is 8.04. The third-order valence-electron chi connectivity index (χ3n) is 3.66. The van der Waals surface area contributed by atoms with E-state index in [0.29, 0.717) is 24.0 Å². The van der Waals surface area contributed by atoms with Gasteiger partial charge in [-0.1, -0.05) is 18.2 Å². The number of rotatable bonds is 2. The molecule has 2 nitrogen and oxygen atoms in total. The van der Waals surface area contributed by atoms with Crippen molar-refractivity contribution in [1.29, 1.82) is 0 Å². The molecule has 17 heavy (non-hydrogen) atoms. The zero-order valence-electron chi connectivity index (χ0n) is 10.0. The summed E-state index contributed by atoms with van der Waals surface area (Å²) in [5, 5.41) is 0. The Balaban J connectivity index is 2.41. The fraction of sp³-hybridized carbons (Fsp3) is 0.333. The van der Waals surface area contributed by atoms with Crippen molar-refractivity contribution in [3.8, 4) is 0 Å². The van der Waals surface area contributed by atoms with Gasteiger partial charge in [0.05, 0.1) is 0 Å². The maximum Gasteiger partial charge on any atom is 0.182 e. The standard InChI is InChI=1S/C15H16O2/c1-4-10-7-12-13(8-11(10)9(2)3)15(17)6-5-14(12)16/h4-6,10-11H,1-2,7-8H2,3H3/t10-,11-/m0/s1. The van der Waals surface area contributed by atoms with Crippen LogP contribution in [0.25, 0.3) is 0 Å². The Labute approximate surface area is 101 Å². The maximum atomic E-state index is 11.8. The molecule has 2 aliphatic rings. The molecule has 0 aromatic carbocycles. The Morgan fingerprint density at radius 3 is 2.24 bits per heavy atom. The highest BCUT2D eigenvalue weighted by Gasteiger charge is 2.34. The second-order valence-electron chi connectivity index (χ2n) is 4.78. The predicted octanol–water partition coefficient (Wildman–Crippen LogP) is 2.78. The summed E-state index contributed by atoms with van der Waals surface area (Å²) < 4.78 is 0. The van der Waals surface area contributed by atoms with Crippen molar-refractivity contribution < 1.29 is 9.59 Å². The minimum atomic E-state index is -0.0217. The van der Waals surface area contributed by atoms with Crippen molar-refractivity contribution in [1.82, 2.24) is 0 Å². The summed E-state index contributed by atoms with van der Waals surface area (Å²) in [5.41, 5.74) is 2.42. The van der Waals surface area contributed by atoms with Crippen LogP contribution in [0.5, 0.6) is 0 Å². The molecule has 0 fully saturated rings. The lowest BCUT2D eigenvalue weighted by Gasteiger charge is -2.33. The van der Waals surface area contributed by atoms with Gasteiger partial charge >= 0.3 is 0 Å². The van der Waals surface area contributed by atoms with Crippen LogP contribution in [0.3, 0.4) is 0 Å². The van der Waals surface area contributed by atoms with Gasteiger partial charge in [0.25, 0.3) is 0 Å². The van der Waals surface area contributed by atoms with Gasteiger partial charge in [-0.25, -0.2) is 0 Å². The third-order valence-corrected chi connectivity index (χ3v) is 3.66. The van der Waals surface area contributed by atoms with Gasteiger partial charge < -0.3 is 0 Å². The second-order valence-corrected chi connectivity index (χ2v) is 4.78. The summed E-state index contributed by atoms with van der Waals surface area (Å²) in [4.78, 5) is 23.5. The summed E-state index contributed by atoms with van der Waals surface area (Å²) in [7, 11) is 0. The number of ketones is 2.